The number of nitrogens with one attached hydrogen (secondary N) is 1. The molecule has 9 heteroatoms. The van der Waals surface area contributed by atoms with Gasteiger partial charge in [-0.05, 0) is 50.3 Å². The third kappa shape index (κ3) is 5.76. The number of allylic oxidation sites excluding steroid dienone is 1. The molecule has 192 valence electrons. The lowest BCUT2D eigenvalue weighted by Gasteiger charge is -2.41. The van der Waals surface area contributed by atoms with E-state index in [-0.39, 0.29) is 35.6 Å². The molecule has 0 radical (unpaired) electrons. The van der Waals surface area contributed by atoms with Crippen LogP contribution in [0.1, 0.15) is 39.0 Å². The normalized spacial score (nSPS) is 24.7. The fourth-order valence-corrected chi connectivity index (χ4v) is 5.21. The Labute approximate surface area is 216 Å². The van der Waals surface area contributed by atoms with E-state index < -0.39 is 0 Å². The van der Waals surface area contributed by atoms with Gasteiger partial charge >= 0.3 is 0 Å². The molecule has 2 fully saturated rings. The average molecular weight is 501 g/mol. The lowest BCUT2D eigenvalue weighted by molar-refractivity contribution is -0.132. The topological polar surface area (TPSA) is 107 Å². The first-order valence-corrected chi connectivity index (χ1v) is 12.9. The van der Waals surface area contributed by atoms with Gasteiger partial charge in [-0.25, -0.2) is 4.99 Å². The maximum Gasteiger partial charge on any atom is 0.231 e. The molecule has 2 aromatic rings. The largest absolute Gasteiger partial charge is 0.364 e. The second-order valence-corrected chi connectivity index (χ2v) is 10.1. The summed E-state index contributed by atoms with van der Waals surface area (Å²) in [6.45, 7) is 4.53. The van der Waals surface area contributed by atoms with Crippen molar-refractivity contribution in [3.05, 3.63) is 48.8 Å². The van der Waals surface area contributed by atoms with Gasteiger partial charge in [0.2, 0.25) is 11.8 Å². The zero-order valence-corrected chi connectivity index (χ0v) is 21.0. The molecule has 1 aromatic heterocycles. The zero-order chi connectivity index (χ0) is 25.8. The highest BCUT2D eigenvalue weighted by Gasteiger charge is 2.45. The number of fused-ring (bicyclic) bond motifs is 1. The molecular weight excluding hydrogens is 468 g/mol. The van der Waals surface area contributed by atoms with E-state index in [0.29, 0.717) is 12.3 Å². The van der Waals surface area contributed by atoms with Crippen LogP contribution in [0.15, 0.2) is 58.8 Å². The Kier molecular flexibility index (Phi) is 7.12. The molecule has 1 N–H and O–H groups in total. The average Bonchev–Trinajstić information content (AvgIpc) is 3.66. The second-order valence-electron chi connectivity index (χ2n) is 10.1. The number of piperazine rings is 1. The predicted octanol–water partition coefficient (Wildman–Crippen LogP) is 2.90. The number of nitrogens with zero attached hydrogens (tertiary/aromatic N) is 5. The molecule has 1 aromatic carbocycles. The molecule has 6 rings (SSSR count). The number of anilines is 1. The minimum atomic E-state index is -0.225. The molecule has 4 aliphatic rings. The van der Waals surface area contributed by atoms with Gasteiger partial charge in [-0.1, -0.05) is 18.2 Å². The van der Waals surface area contributed by atoms with Crippen LogP contribution >= 0.6 is 0 Å². The van der Waals surface area contributed by atoms with Crippen LogP contribution in [0.3, 0.4) is 0 Å². The summed E-state index contributed by atoms with van der Waals surface area (Å²) in [6.07, 6.45) is 12.0. The van der Waals surface area contributed by atoms with Crippen LogP contribution in [-0.2, 0) is 14.4 Å². The number of aliphatic imine (C=N–C) groups is 2. The van der Waals surface area contributed by atoms with Gasteiger partial charge in [-0.15, -0.1) is 0 Å². The van der Waals surface area contributed by atoms with Crippen LogP contribution in [0.25, 0.3) is 10.9 Å². The van der Waals surface area contributed by atoms with Crippen molar-refractivity contribution in [1.29, 1.82) is 0 Å². The fourth-order valence-electron chi connectivity index (χ4n) is 5.21. The van der Waals surface area contributed by atoms with Crippen molar-refractivity contribution in [3.63, 3.8) is 0 Å². The van der Waals surface area contributed by atoms with Crippen molar-refractivity contribution in [2.45, 2.75) is 50.6 Å². The van der Waals surface area contributed by atoms with E-state index in [9.17, 15) is 14.4 Å². The number of hydrogen-bond acceptors (Lipinski definition) is 7. The number of hydrogen-bond donors (Lipinski definition) is 1. The zero-order valence-electron chi connectivity index (χ0n) is 21.0. The van der Waals surface area contributed by atoms with E-state index in [1.807, 2.05) is 35.5 Å². The smallest absolute Gasteiger partial charge is 0.231 e. The maximum atomic E-state index is 12.9. The molecule has 0 spiro atoms. The summed E-state index contributed by atoms with van der Waals surface area (Å²) in [6, 6.07) is 10.7. The van der Waals surface area contributed by atoms with Crippen LogP contribution < -0.4 is 10.2 Å². The predicted molar refractivity (Wildman–Crippen MR) is 144 cm³/mol. The number of pyridine rings is 1. The lowest BCUT2D eigenvalue weighted by atomic mass is 9.90. The highest BCUT2D eigenvalue weighted by Crippen LogP contribution is 2.44. The molecule has 1 saturated carbocycles. The van der Waals surface area contributed by atoms with Crippen molar-refractivity contribution in [1.82, 2.24) is 15.2 Å². The number of rotatable bonds is 5. The minimum absolute atomic E-state index is 0.00347. The van der Waals surface area contributed by atoms with Gasteiger partial charge in [0.05, 0.1) is 23.8 Å². The standard InChI is InChI=1S/C23H27N5O.C5H5NO2/c1-17-14-27(22(29)8-9-23(19-6-7-19)15-24-16-26-23)10-11-28(17)20-12-18-4-2-3-5-21(18)25-13-20;7-4-1-2-6-5(8)3-4/h2-5,12-13,15-17,19H,6-11,14H2,1H3;1-2H,3H2,(H,6,8)/t17-,23?;/m0./s1. The minimum Gasteiger partial charge on any atom is -0.364 e. The third-order valence-electron chi connectivity index (χ3n) is 7.42. The number of para-hydroxylation sites is 1. The first-order valence-electron chi connectivity index (χ1n) is 12.9. The highest BCUT2D eigenvalue weighted by molar-refractivity contribution is 6.06. The first-order chi connectivity index (χ1) is 17.9. The molecule has 2 amide bonds. The monoisotopic (exact) mass is 500 g/mol. The molecular formula is C28H32N6O3. The molecule has 2 atom stereocenters. The maximum absolute atomic E-state index is 12.9. The summed E-state index contributed by atoms with van der Waals surface area (Å²) < 4.78 is 0. The van der Waals surface area contributed by atoms with Crippen LogP contribution in [-0.4, -0.2) is 71.2 Å². The Hall–Kier alpha value is -3.88. The van der Waals surface area contributed by atoms with Gasteiger partial charge in [0.15, 0.2) is 5.78 Å². The van der Waals surface area contributed by atoms with Crippen molar-refractivity contribution in [3.8, 4) is 0 Å². The Morgan fingerprint density at radius 3 is 2.70 bits per heavy atom. The van der Waals surface area contributed by atoms with Crippen molar-refractivity contribution < 1.29 is 14.4 Å². The van der Waals surface area contributed by atoms with Gasteiger partial charge in [-0.2, -0.15) is 0 Å². The fraction of sp³-hybridized carbons (Fsp3) is 0.429. The van der Waals surface area contributed by atoms with Gasteiger partial charge < -0.3 is 15.1 Å². The number of benzene rings is 1. The van der Waals surface area contributed by atoms with E-state index in [4.69, 9.17) is 0 Å². The Bertz CT molecular complexity index is 1270. The molecule has 1 unspecified atom stereocenters. The molecule has 3 aliphatic heterocycles. The molecule has 37 heavy (non-hydrogen) atoms. The summed E-state index contributed by atoms with van der Waals surface area (Å²) in [5.41, 5.74) is 1.94. The third-order valence-corrected chi connectivity index (χ3v) is 7.42. The highest BCUT2D eigenvalue weighted by atomic mass is 16.2. The van der Waals surface area contributed by atoms with E-state index in [1.54, 1.807) is 6.34 Å². The Morgan fingerprint density at radius 2 is 2.03 bits per heavy atom. The summed E-state index contributed by atoms with van der Waals surface area (Å²) in [5, 5.41) is 3.52. The molecule has 9 nitrogen and oxygen atoms in total. The van der Waals surface area contributed by atoms with E-state index in [0.717, 1.165) is 42.6 Å². The second kappa shape index (κ2) is 10.6. The van der Waals surface area contributed by atoms with Gasteiger partial charge in [0.25, 0.3) is 0 Å². The van der Waals surface area contributed by atoms with Crippen molar-refractivity contribution >= 4 is 46.7 Å². The molecule has 1 aliphatic carbocycles. The lowest BCUT2D eigenvalue weighted by Crippen LogP contribution is -2.54. The van der Waals surface area contributed by atoms with Gasteiger partial charge in [0.1, 0.15) is 11.9 Å². The van der Waals surface area contributed by atoms with Gasteiger partial charge in [0, 0.05) is 49.9 Å². The van der Waals surface area contributed by atoms with E-state index in [2.05, 4.69) is 44.2 Å². The summed E-state index contributed by atoms with van der Waals surface area (Å²) in [5.74, 6) is 0.462. The van der Waals surface area contributed by atoms with Crippen LogP contribution in [0.2, 0.25) is 0 Å². The van der Waals surface area contributed by atoms with Crippen LogP contribution in [0, 0.1) is 5.92 Å². The number of aromatic nitrogens is 1. The Morgan fingerprint density at radius 1 is 1.19 bits per heavy atom. The summed E-state index contributed by atoms with van der Waals surface area (Å²) >= 11 is 0. The van der Waals surface area contributed by atoms with Crippen LogP contribution in [0.4, 0.5) is 5.69 Å². The van der Waals surface area contributed by atoms with E-state index in [1.165, 1.54) is 25.1 Å². The van der Waals surface area contributed by atoms with Crippen molar-refractivity contribution in [2.24, 2.45) is 15.9 Å². The number of carbonyl (C=O) groups is 3. The quantitative estimate of drug-likeness (QED) is 0.636. The number of amides is 2. The van der Waals surface area contributed by atoms with Crippen molar-refractivity contribution in [2.75, 3.05) is 24.5 Å². The Balaban J connectivity index is 0.000000301. The molecule has 4 heterocycles. The number of ketones is 1. The van der Waals surface area contributed by atoms with Gasteiger partial charge in [-0.3, -0.25) is 24.4 Å². The van der Waals surface area contributed by atoms with E-state index >= 15 is 0 Å². The molecule has 0 bridgehead atoms. The number of carbonyl (C=O) groups excluding carboxylic acids is 3. The van der Waals surface area contributed by atoms with Crippen LogP contribution in [0.5, 0.6) is 0 Å². The summed E-state index contributed by atoms with van der Waals surface area (Å²) in [4.78, 5) is 51.3. The molecule has 1 saturated heterocycles. The SMILES string of the molecule is C[C@H]1CN(C(=O)CCC2(C3CC3)C=NC=N2)CCN1c1cnc2ccccc2c1.O=C1C=CNC(=O)C1. The summed E-state index contributed by atoms with van der Waals surface area (Å²) in [7, 11) is 0. The first kappa shape index (κ1) is 24.8.